The van der Waals surface area contributed by atoms with E-state index >= 15 is 0 Å². The fraction of sp³-hybridized carbons (Fsp3) is 0.318. The lowest BCUT2D eigenvalue weighted by molar-refractivity contribution is -0.277. The van der Waals surface area contributed by atoms with E-state index in [4.69, 9.17) is 20.4 Å². The summed E-state index contributed by atoms with van der Waals surface area (Å²) in [7, 11) is 0. The molecule has 11 nitrogen and oxygen atoms in total. The number of aliphatic hydroxyl groups is 4. The highest BCUT2D eigenvalue weighted by Gasteiger charge is 2.44. The van der Waals surface area contributed by atoms with Crippen molar-refractivity contribution >= 4 is 23.6 Å². The molecule has 2 aromatic carbocycles. The van der Waals surface area contributed by atoms with Gasteiger partial charge < -0.3 is 40.8 Å². The molecule has 7 N–H and O–H groups in total. The maximum atomic E-state index is 11.2. The van der Waals surface area contributed by atoms with Gasteiger partial charge in [-0.05, 0) is 42.8 Å². The van der Waals surface area contributed by atoms with Crippen LogP contribution in [0.5, 0.6) is 5.75 Å². The number of hydrogen-bond acceptors (Lipinski definition) is 10. The van der Waals surface area contributed by atoms with E-state index in [1.807, 2.05) is 0 Å². The highest BCUT2D eigenvalue weighted by molar-refractivity contribution is 6.38. The Hall–Kier alpha value is -3.35. The lowest BCUT2D eigenvalue weighted by Gasteiger charge is -2.39. The molecule has 1 aliphatic rings. The Kier molecular flexibility index (Phi) is 7.74. The van der Waals surface area contributed by atoms with Gasteiger partial charge in [-0.15, -0.1) is 0 Å². The molecule has 0 radical (unpaired) electrons. The zero-order chi connectivity index (χ0) is 24.1. The van der Waals surface area contributed by atoms with Gasteiger partial charge in [-0.25, -0.2) is 4.79 Å². The van der Waals surface area contributed by atoms with Gasteiger partial charge in [0.15, 0.2) is 0 Å². The standard InChI is InChI=1S/C22H25N3O8/c1-11-7-14(24-9-15(25-23)12-3-2-4-13(8-12)21(30)31)5-6-16(11)32-22-20(29)19(28)18(27)17(10-26)33-22/h2-9,17-20,22,26-29H,10,23H2,1H3,(H,30,31). The van der Waals surface area contributed by atoms with Gasteiger partial charge >= 0.3 is 5.97 Å². The summed E-state index contributed by atoms with van der Waals surface area (Å²) in [5.41, 5.74) is 2.00. The van der Waals surface area contributed by atoms with E-state index in [9.17, 15) is 25.2 Å². The maximum absolute atomic E-state index is 11.2. The van der Waals surface area contributed by atoms with Gasteiger partial charge in [-0.3, -0.25) is 4.99 Å². The molecule has 33 heavy (non-hydrogen) atoms. The molecule has 1 heterocycles. The monoisotopic (exact) mass is 459 g/mol. The van der Waals surface area contributed by atoms with E-state index in [1.54, 1.807) is 37.3 Å². The Bertz CT molecular complexity index is 1060. The van der Waals surface area contributed by atoms with Crippen LogP contribution in [-0.4, -0.2) is 80.7 Å². The summed E-state index contributed by atoms with van der Waals surface area (Å²) >= 11 is 0. The number of hydrazone groups is 1. The molecule has 2 aromatic rings. The predicted octanol–water partition coefficient (Wildman–Crippen LogP) is -0.0628. The molecule has 1 aliphatic heterocycles. The van der Waals surface area contributed by atoms with Gasteiger partial charge in [-0.2, -0.15) is 5.10 Å². The van der Waals surface area contributed by atoms with Crippen molar-refractivity contribution in [1.82, 2.24) is 0 Å². The molecule has 3 rings (SSSR count). The van der Waals surface area contributed by atoms with E-state index < -0.39 is 43.3 Å². The number of aryl methyl sites for hydroxylation is 1. The van der Waals surface area contributed by atoms with Crippen LogP contribution >= 0.6 is 0 Å². The van der Waals surface area contributed by atoms with E-state index in [-0.39, 0.29) is 11.3 Å². The first-order valence-corrected chi connectivity index (χ1v) is 9.98. The topological polar surface area (TPSA) is 187 Å². The second kappa shape index (κ2) is 10.5. The molecule has 0 amide bonds. The minimum Gasteiger partial charge on any atom is -0.478 e. The number of aliphatic imine (C=N–C) groups is 1. The first kappa shape index (κ1) is 24.3. The molecular formula is C22H25N3O8. The first-order valence-electron chi connectivity index (χ1n) is 9.98. The number of ether oxygens (including phenoxy) is 2. The van der Waals surface area contributed by atoms with E-state index in [0.717, 1.165) is 0 Å². The van der Waals surface area contributed by atoms with E-state index in [2.05, 4.69) is 10.1 Å². The van der Waals surface area contributed by atoms with Crippen LogP contribution in [0.3, 0.4) is 0 Å². The fourth-order valence-electron chi connectivity index (χ4n) is 3.27. The van der Waals surface area contributed by atoms with Crippen LogP contribution < -0.4 is 10.6 Å². The van der Waals surface area contributed by atoms with Crippen LogP contribution in [0, 0.1) is 6.92 Å². The van der Waals surface area contributed by atoms with Crippen molar-refractivity contribution in [3.63, 3.8) is 0 Å². The number of aliphatic hydroxyl groups excluding tert-OH is 4. The van der Waals surface area contributed by atoms with Crippen molar-refractivity contribution in [3.8, 4) is 5.75 Å². The zero-order valence-electron chi connectivity index (χ0n) is 17.6. The van der Waals surface area contributed by atoms with Crippen LogP contribution in [0.2, 0.25) is 0 Å². The molecule has 0 aliphatic carbocycles. The zero-order valence-corrected chi connectivity index (χ0v) is 17.6. The second-order valence-corrected chi connectivity index (χ2v) is 7.42. The van der Waals surface area contributed by atoms with E-state index in [0.29, 0.717) is 22.6 Å². The minimum atomic E-state index is -1.54. The third-order valence-electron chi connectivity index (χ3n) is 5.13. The number of carboxylic acid groups (broad SMARTS) is 1. The highest BCUT2D eigenvalue weighted by Crippen LogP contribution is 2.28. The molecular weight excluding hydrogens is 434 g/mol. The molecule has 0 saturated carbocycles. The van der Waals surface area contributed by atoms with Crippen LogP contribution in [0.4, 0.5) is 5.69 Å². The summed E-state index contributed by atoms with van der Waals surface area (Å²) in [6, 6.07) is 11.0. The number of hydrogen-bond donors (Lipinski definition) is 6. The van der Waals surface area contributed by atoms with Crippen LogP contribution in [0.15, 0.2) is 52.6 Å². The molecule has 0 bridgehead atoms. The molecule has 5 atom stereocenters. The van der Waals surface area contributed by atoms with Crippen molar-refractivity contribution in [2.75, 3.05) is 6.61 Å². The highest BCUT2D eigenvalue weighted by atomic mass is 16.7. The SMILES string of the molecule is Cc1cc(N=CC(=NN)c2cccc(C(=O)O)c2)ccc1OC1OC(CO)C(O)C(O)C1O. The summed E-state index contributed by atoms with van der Waals surface area (Å²) in [6.07, 6.45) is -5.52. The number of benzene rings is 2. The third-order valence-corrected chi connectivity index (χ3v) is 5.13. The van der Waals surface area contributed by atoms with Crippen LogP contribution in [0.1, 0.15) is 21.5 Å². The molecule has 1 fully saturated rings. The lowest BCUT2D eigenvalue weighted by Crippen LogP contribution is -2.60. The summed E-state index contributed by atoms with van der Waals surface area (Å²) < 4.78 is 11.0. The summed E-state index contributed by atoms with van der Waals surface area (Å²) in [4.78, 5) is 15.5. The number of aromatic carboxylic acids is 1. The number of rotatable bonds is 7. The van der Waals surface area contributed by atoms with Crippen molar-refractivity contribution in [2.45, 2.75) is 37.6 Å². The summed E-state index contributed by atoms with van der Waals surface area (Å²) in [5.74, 6) is 4.71. The van der Waals surface area contributed by atoms with Gasteiger partial charge in [0.2, 0.25) is 6.29 Å². The average molecular weight is 459 g/mol. The van der Waals surface area contributed by atoms with Crippen LogP contribution in [0.25, 0.3) is 0 Å². The normalized spacial score (nSPS) is 25.8. The molecule has 5 unspecified atom stereocenters. The predicted molar refractivity (Wildman–Crippen MR) is 118 cm³/mol. The molecule has 11 heteroatoms. The van der Waals surface area contributed by atoms with Crippen molar-refractivity contribution in [1.29, 1.82) is 0 Å². The molecule has 176 valence electrons. The smallest absolute Gasteiger partial charge is 0.335 e. The summed E-state index contributed by atoms with van der Waals surface area (Å²) in [5, 5.41) is 52.0. The third kappa shape index (κ3) is 5.53. The Morgan fingerprint density at radius 2 is 1.85 bits per heavy atom. The minimum absolute atomic E-state index is 0.0904. The average Bonchev–Trinajstić information content (AvgIpc) is 2.81. The van der Waals surface area contributed by atoms with Gasteiger partial charge in [0.25, 0.3) is 0 Å². The maximum Gasteiger partial charge on any atom is 0.335 e. The lowest BCUT2D eigenvalue weighted by atomic mass is 9.99. The fourth-order valence-corrected chi connectivity index (χ4v) is 3.27. The Morgan fingerprint density at radius 1 is 1.12 bits per heavy atom. The number of carboxylic acids is 1. The molecule has 1 saturated heterocycles. The Balaban J connectivity index is 1.74. The second-order valence-electron chi connectivity index (χ2n) is 7.42. The molecule has 0 aromatic heterocycles. The van der Waals surface area contributed by atoms with Crippen LogP contribution in [-0.2, 0) is 4.74 Å². The van der Waals surface area contributed by atoms with Crippen molar-refractivity contribution in [2.24, 2.45) is 15.9 Å². The Labute approximate surface area is 189 Å². The first-order chi connectivity index (χ1) is 15.7. The molecule has 0 spiro atoms. The summed E-state index contributed by atoms with van der Waals surface area (Å²) in [6.45, 7) is 1.17. The van der Waals surface area contributed by atoms with E-state index in [1.165, 1.54) is 18.3 Å². The quantitative estimate of drug-likeness (QED) is 0.187. The van der Waals surface area contributed by atoms with Gasteiger partial charge in [0.1, 0.15) is 35.9 Å². The number of nitrogens with two attached hydrogens (primary N) is 1. The number of nitrogens with zero attached hydrogens (tertiary/aromatic N) is 2. The van der Waals surface area contributed by atoms with Crippen molar-refractivity contribution in [3.05, 3.63) is 59.2 Å². The van der Waals surface area contributed by atoms with Gasteiger partial charge in [-0.1, -0.05) is 12.1 Å². The Morgan fingerprint density at radius 3 is 2.48 bits per heavy atom. The number of carbonyl (C=O) groups is 1. The van der Waals surface area contributed by atoms with Gasteiger partial charge in [0, 0.05) is 5.56 Å². The van der Waals surface area contributed by atoms with Gasteiger partial charge in [0.05, 0.1) is 24.1 Å². The largest absolute Gasteiger partial charge is 0.478 e. The van der Waals surface area contributed by atoms with Crippen molar-refractivity contribution < 1.29 is 39.8 Å².